The molecular formula is C24H21ClO3. The molecule has 0 bridgehead atoms. The summed E-state index contributed by atoms with van der Waals surface area (Å²) < 4.78 is 6.44. The Labute approximate surface area is 169 Å². The van der Waals surface area contributed by atoms with Crippen LogP contribution in [0, 0.1) is 0 Å². The fourth-order valence-corrected chi connectivity index (χ4v) is 4.00. The monoisotopic (exact) mass is 392 g/mol. The Morgan fingerprint density at radius 2 is 1.86 bits per heavy atom. The Kier molecular flexibility index (Phi) is 4.86. The van der Waals surface area contributed by atoms with Crippen LogP contribution in [-0.2, 0) is 12.8 Å². The number of benzene rings is 3. The molecule has 1 heterocycles. The molecule has 0 amide bonds. The first-order chi connectivity index (χ1) is 13.4. The molecule has 4 heteroatoms. The molecule has 4 rings (SSSR count). The summed E-state index contributed by atoms with van der Waals surface area (Å²) in [6.45, 7) is 2.13. The fraction of sp³-hybridized carbons (Fsp3) is 0.208. The molecule has 3 aromatic carbocycles. The lowest BCUT2D eigenvalue weighted by Crippen LogP contribution is -2.38. The maximum atomic E-state index is 11.3. The van der Waals surface area contributed by atoms with E-state index in [0.29, 0.717) is 0 Å². The molecule has 0 saturated heterocycles. The van der Waals surface area contributed by atoms with E-state index in [-0.39, 0.29) is 11.2 Å². The van der Waals surface area contributed by atoms with Crippen molar-refractivity contribution in [3.63, 3.8) is 0 Å². The van der Waals surface area contributed by atoms with Crippen LogP contribution in [0.15, 0.2) is 66.7 Å². The van der Waals surface area contributed by atoms with Crippen molar-refractivity contribution >= 4 is 17.6 Å². The average molecular weight is 393 g/mol. The van der Waals surface area contributed by atoms with Crippen molar-refractivity contribution in [1.29, 1.82) is 0 Å². The molecule has 0 saturated carbocycles. The Morgan fingerprint density at radius 1 is 1.07 bits per heavy atom. The first-order valence-corrected chi connectivity index (χ1v) is 9.70. The number of hydrogen-bond donors (Lipinski definition) is 1. The summed E-state index contributed by atoms with van der Waals surface area (Å²) >= 11 is 6.13. The maximum absolute atomic E-state index is 11.3. The normalized spacial score (nSPS) is 18.2. The molecule has 142 valence electrons. The van der Waals surface area contributed by atoms with Crippen LogP contribution in [0.3, 0.4) is 0 Å². The van der Waals surface area contributed by atoms with Crippen molar-refractivity contribution in [3.05, 3.63) is 88.4 Å². The summed E-state index contributed by atoms with van der Waals surface area (Å²) in [5.74, 6) is -0.0563. The molecule has 3 nitrogen and oxygen atoms in total. The third kappa shape index (κ3) is 3.90. The topological polar surface area (TPSA) is 46.5 Å². The number of halogens is 1. The van der Waals surface area contributed by atoms with Crippen molar-refractivity contribution in [2.24, 2.45) is 0 Å². The van der Waals surface area contributed by atoms with Crippen molar-refractivity contribution in [3.8, 4) is 16.9 Å². The van der Waals surface area contributed by atoms with Crippen molar-refractivity contribution in [2.75, 3.05) is 0 Å². The lowest BCUT2D eigenvalue weighted by Gasteiger charge is -2.36. The van der Waals surface area contributed by atoms with Crippen LogP contribution >= 0.6 is 11.6 Å². The highest BCUT2D eigenvalue weighted by molar-refractivity contribution is 6.30. The molecule has 1 aliphatic heterocycles. The molecule has 0 radical (unpaired) electrons. The van der Waals surface area contributed by atoms with Gasteiger partial charge in [0.25, 0.3) is 0 Å². The molecule has 0 fully saturated rings. The predicted molar refractivity (Wildman–Crippen MR) is 111 cm³/mol. The van der Waals surface area contributed by atoms with Gasteiger partial charge in [-0.1, -0.05) is 48.0 Å². The molecule has 1 atom stereocenters. The summed E-state index contributed by atoms with van der Waals surface area (Å²) in [6, 6.07) is 21.0. The van der Waals surface area contributed by atoms with Gasteiger partial charge in [-0.15, -0.1) is 0 Å². The van der Waals surface area contributed by atoms with Gasteiger partial charge in [0, 0.05) is 11.4 Å². The smallest absolute Gasteiger partial charge is 0.335 e. The van der Waals surface area contributed by atoms with Crippen LogP contribution in [0.5, 0.6) is 5.75 Å². The lowest BCUT2D eigenvalue weighted by molar-refractivity contribution is 0.0654. The maximum Gasteiger partial charge on any atom is 0.335 e. The number of ether oxygens (including phenoxy) is 1. The Hall–Kier alpha value is -2.78. The van der Waals surface area contributed by atoms with E-state index in [9.17, 15) is 9.90 Å². The van der Waals surface area contributed by atoms with E-state index in [1.54, 1.807) is 18.2 Å². The van der Waals surface area contributed by atoms with Crippen LogP contribution in [0.2, 0.25) is 5.02 Å². The van der Waals surface area contributed by atoms with Gasteiger partial charge in [-0.3, -0.25) is 0 Å². The fourth-order valence-electron chi connectivity index (χ4n) is 3.79. The number of carboxylic acid groups (broad SMARTS) is 1. The highest BCUT2D eigenvalue weighted by Crippen LogP contribution is 2.38. The molecule has 28 heavy (non-hydrogen) atoms. The average Bonchev–Trinajstić information content (AvgIpc) is 2.67. The van der Waals surface area contributed by atoms with Crippen LogP contribution in [0.25, 0.3) is 11.1 Å². The van der Waals surface area contributed by atoms with E-state index in [1.165, 1.54) is 5.56 Å². The summed E-state index contributed by atoms with van der Waals surface area (Å²) in [5, 5.41) is 9.98. The van der Waals surface area contributed by atoms with E-state index in [2.05, 4.69) is 19.1 Å². The number of aromatic carboxylic acids is 1. The number of carboxylic acids is 1. The Morgan fingerprint density at radius 3 is 2.64 bits per heavy atom. The zero-order valence-electron chi connectivity index (χ0n) is 15.6. The van der Waals surface area contributed by atoms with E-state index in [1.807, 2.05) is 36.4 Å². The molecule has 1 aliphatic rings. The van der Waals surface area contributed by atoms with Crippen molar-refractivity contribution in [2.45, 2.75) is 31.8 Å². The van der Waals surface area contributed by atoms with Crippen LogP contribution in [-0.4, -0.2) is 16.7 Å². The predicted octanol–water partition coefficient (Wildman–Crippen LogP) is 6.03. The van der Waals surface area contributed by atoms with Gasteiger partial charge >= 0.3 is 5.97 Å². The van der Waals surface area contributed by atoms with Gasteiger partial charge in [-0.25, -0.2) is 4.79 Å². The standard InChI is InChI=1S/C24H21ClO3/c1-24(15-16-4-2-7-21(25)12-16)11-10-17-8-9-19(14-22(17)28-24)18-5-3-6-20(13-18)23(26)27/h2-9,12-14H,10-11,15H2,1H3,(H,26,27)/t24-/m1/s1. The first-order valence-electron chi connectivity index (χ1n) is 9.32. The molecule has 3 aromatic rings. The summed E-state index contributed by atoms with van der Waals surface area (Å²) in [7, 11) is 0. The van der Waals surface area contributed by atoms with Crippen LogP contribution in [0.1, 0.15) is 34.8 Å². The third-order valence-electron chi connectivity index (χ3n) is 5.26. The first kappa shape index (κ1) is 18.6. The van der Waals surface area contributed by atoms with E-state index in [0.717, 1.165) is 46.7 Å². The van der Waals surface area contributed by atoms with Crippen molar-refractivity contribution < 1.29 is 14.6 Å². The van der Waals surface area contributed by atoms with Gasteiger partial charge in [0.05, 0.1) is 5.56 Å². The second-order valence-electron chi connectivity index (χ2n) is 7.57. The van der Waals surface area contributed by atoms with Gasteiger partial charge in [-0.2, -0.15) is 0 Å². The molecular weight excluding hydrogens is 372 g/mol. The molecule has 0 unspecified atom stereocenters. The number of rotatable bonds is 4. The summed E-state index contributed by atoms with van der Waals surface area (Å²) in [5.41, 5.74) is 4.13. The molecule has 0 aliphatic carbocycles. The minimum absolute atomic E-state index is 0.280. The SMILES string of the molecule is C[C@]1(Cc2cccc(Cl)c2)CCc2ccc(-c3cccc(C(=O)O)c3)cc2O1. The second-order valence-corrected chi connectivity index (χ2v) is 8.00. The van der Waals surface area contributed by atoms with E-state index in [4.69, 9.17) is 16.3 Å². The number of aryl methyl sites for hydroxylation is 1. The number of carbonyl (C=O) groups is 1. The molecule has 0 spiro atoms. The second kappa shape index (κ2) is 7.33. The number of hydrogen-bond acceptors (Lipinski definition) is 2. The zero-order valence-corrected chi connectivity index (χ0v) is 16.4. The largest absolute Gasteiger partial charge is 0.487 e. The molecule has 0 aromatic heterocycles. The van der Waals surface area contributed by atoms with Crippen molar-refractivity contribution in [1.82, 2.24) is 0 Å². The molecule has 1 N–H and O–H groups in total. The number of fused-ring (bicyclic) bond motifs is 1. The van der Waals surface area contributed by atoms with Crippen LogP contribution < -0.4 is 4.74 Å². The van der Waals surface area contributed by atoms with Crippen LogP contribution in [0.4, 0.5) is 0 Å². The van der Waals surface area contributed by atoms with E-state index >= 15 is 0 Å². The third-order valence-corrected chi connectivity index (χ3v) is 5.49. The van der Waals surface area contributed by atoms with Gasteiger partial charge < -0.3 is 9.84 Å². The minimum atomic E-state index is -0.926. The van der Waals surface area contributed by atoms with Gasteiger partial charge in [0.1, 0.15) is 11.4 Å². The van der Waals surface area contributed by atoms with E-state index < -0.39 is 5.97 Å². The Balaban J connectivity index is 1.62. The Bertz CT molecular complexity index is 1040. The zero-order chi connectivity index (χ0) is 19.7. The highest BCUT2D eigenvalue weighted by Gasteiger charge is 2.32. The quantitative estimate of drug-likeness (QED) is 0.589. The van der Waals surface area contributed by atoms with Gasteiger partial charge in [0.2, 0.25) is 0 Å². The van der Waals surface area contributed by atoms with Gasteiger partial charge in [-0.05, 0) is 72.4 Å². The lowest BCUT2D eigenvalue weighted by atomic mass is 9.86. The summed E-state index contributed by atoms with van der Waals surface area (Å²) in [6.07, 6.45) is 2.66. The minimum Gasteiger partial charge on any atom is -0.487 e. The van der Waals surface area contributed by atoms with Gasteiger partial charge in [0.15, 0.2) is 0 Å². The summed E-state index contributed by atoms with van der Waals surface area (Å²) in [4.78, 5) is 11.3. The highest BCUT2D eigenvalue weighted by atomic mass is 35.5.